The molecular weight excluding hydrogens is 467 g/mol. The third-order valence-corrected chi connectivity index (χ3v) is 7.11. The molecule has 1 saturated carbocycles. The Morgan fingerprint density at radius 2 is 1.97 bits per heavy atom. The van der Waals surface area contributed by atoms with Crippen LogP contribution in [0.5, 0.6) is 0 Å². The molecule has 1 atom stereocenters. The number of rotatable bonds is 4. The SMILES string of the molecule is Cc1nc2c(-c3ccc(Cl)cc3F)cc(C3=CC(c4cnn(C5CC5)c4)OCC3)cn2c(=O)c1C. The van der Waals surface area contributed by atoms with Crippen LogP contribution in [0.15, 0.2) is 53.7 Å². The number of hydrogen-bond acceptors (Lipinski definition) is 4. The van der Waals surface area contributed by atoms with Crippen LogP contribution in [0.25, 0.3) is 22.3 Å². The van der Waals surface area contributed by atoms with Crippen LogP contribution in [0.2, 0.25) is 5.02 Å². The van der Waals surface area contributed by atoms with E-state index in [1.54, 1.807) is 32.2 Å². The van der Waals surface area contributed by atoms with Crippen LogP contribution in [0.3, 0.4) is 0 Å². The van der Waals surface area contributed by atoms with Crippen molar-refractivity contribution in [3.8, 4) is 11.1 Å². The quantitative estimate of drug-likeness (QED) is 0.360. The van der Waals surface area contributed by atoms with Gasteiger partial charge in [-0.25, -0.2) is 9.37 Å². The van der Waals surface area contributed by atoms with Crippen molar-refractivity contribution in [1.29, 1.82) is 0 Å². The second kappa shape index (κ2) is 8.43. The van der Waals surface area contributed by atoms with E-state index in [0.29, 0.717) is 52.1 Å². The summed E-state index contributed by atoms with van der Waals surface area (Å²) in [7, 11) is 0. The predicted octanol–water partition coefficient (Wildman–Crippen LogP) is 5.85. The summed E-state index contributed by atoms with van der Waals surface area (Å²) in [6, 6.07) is 6.96. The molecule has 1 aliphatic heterocycles. The molecule has 0 radical (unpaired) electrons. The molecule has 2 aliphatic rings. The largest absolute Gasteiger partial charge is 0.369 e. The fourth-order valence-corrected chi connectivity index (χ4v) is 4.76. The minimum Gasteiger partial charge on any atom is -0.369 e. The molecule has 0 saturated heterocycles. The van der Waals surface area contributed by atoms with Crippen LogP contribution in [0.1, 0.15) is 53.8 Å². The molecule has 4 aromatic rings. The van der Waals surface area contributed by atoms with Crippen molar-refractivity contribution in [2.45, 2.75) is 45.3 Å². The zero-order valence-electron chi connectivity index (χ0n) is 19.5. The van der Waals surface area contributed by atoms with E-state index in [4.69, 9.17) is 16.3 Å². The highest BCUT2D eigenvalue weighted by atomic mass is 35.5. The molecule has 1 fully saturated rings. The van der Waals surface area contributed by atoms with Crippen LogP contribution in [-0.2, 0) is 4.74 Å². The second-order valence-corrected chi connectivity index (χ2v) is 9.74. The molecule has 178 valence electrons. The maximum Gasteiger partial charge on any atom is 0.261 e. The van der Waals surface area contributed by atoms with Gasteiger partial charge in [0.2, 0.25) is 0 Å². The summed E-state index contributed by atoms with van der Waals surface area (Å²) < 4.78 is 24.6. The smallest absolute Gasteiger partial charge is 0.261 e. The first kappa shape index (κ1) is 22.2. The first-order valence-electron chi connectivity index (χ1n) is 11.7. The highest BCUT2D eigenvalue weighted by Gasteiger charge is 2.26. The van der Waals surface area contributed by atoms with E-state index in [-0.39, 0.29) is 11.7 Å². The molecule has 1 aliphatic carbocycles. The molecule has 1 aromatic carbocycles. The van der Waals surface area contributed by atoms with E-state index in [9.17, 15) is 4.79 Å². The topological polar surface area (TPSA) is 61.4 Å². The first-order chi connectivity index (χ1) is 16.9. The van der Waals surface area contributed by atoms with Crippen molar-refractivity contribution < 1.29 is 9.13 Å². The van der Waals surface area contributed by atoms with Gasteiger partial charge in [-0.3, -0.25) is 13.9 Å². The van der Waals surface area contributed by atoms with Crippen molar-refractivity contribution in [3.05, 3.63) is 92.5 Å². The lowest BCUT2D eigenvalue weighted by Gasteiger charge is -2.22. The summed E-state index contributed by atoms with van der Waals surface area (Å²) in [6.45, 7) is 4.08. The van der Waals surface area contributed by atoms with E-state index < -0.39 is 5.82 Å². The van der Waals surface area contributed by atoms with Crippen LogP contribution >= 0.6 is 11.6 Å². The molecule has 35 heavy (non-hydrogen) atoms. The van der Waals surface area contributed by atoms with Gasteiger partial charge in [-0.2, -0.15) is 5.10 Å². The van der Waals surface area contributed by atoms with Crippen LogP contribution in [-0.4, -0.2) is 25.8 Å². The van der Waals surface area contributed by atoms with Crippen molar-refractivity contribution in [1.82, 2.24) is 19.2 Å². The summed E-state index contributed by atoms with van der Waals surface area (Å²) in [5, 5.41) is 4.80. The Balaban J connectivity index is 1.52. The van der Waals surface area contributed by atoms with E-state index in [1.165, 1.54) is 10.5 Å². The minimum atomic E-state index is -0.463. The van der Waals surface area contributed by atoms with Crippen LogP contribution in [0, 0.1) is 19.7 Å². The highest BCUT2D eigenvalue weighted by Crippen LogP contribution is 2.37. The third-order valence-electron chi connectivity index (χ3n) is 6.88. The van der Waals surface area contributed by atoms with Gasteiger partial charge in [0.1, 0.15) is 17.6 Å². The Morgan fingerprint density at radius 3 is 2.74 bits per heavy atom. The number of nitrogens with zero attached hydrogens (tertiary/aromatic N) is 4. The molecule has 0 amide bonds. The zero-order chi connectivity index (χ0) is 24.3. The van der Waals surface area contributed by atoms with Crippen LogP contribution < -0.4 is 5.56 Å². The van der Waals surface area contributed by atoms with Gasteiger partial charge in [0.05, 0.1) is 18.8 Å². The second-order valence-electron chi connectivity index (χ2n) is 9.31. The summed E-state index contributed by atoms with van der Waals surface area (Å²) in [4.78, 5) is 17.9. The molecule has 6 rings (SSSR count). The molecule has 0 bridgehead atoms. The average Bonchev–Trinajstić information content (AvgIpc) is 3.59. The summed E-state index contributed by atoms with van der Waals surface area (Å²) in [6.07, 6.45) is 10.6. The molecule has 0 N–H and O–H groups in total. The Bertz CT molecular complexity index is 1570. The van der Waals surface area contributed by atoms with Gasteiger partial charge in [0.25, 0.3) is 5.56 Å². The van der Waals surface area contributed by atoms with Crippen molar-refractivity contribution >= 4 is 22.8 Å². The fourth-order valence-electron chi connectivity index (χ4n) is 4.60. The van der Waals surface area contributed by atoms with E-state index in [2.05, 4.69) is 22.4 Å². The number of halogens is 2. The maximum atomic E-state index is 15.0. The zero-order valence-corrected chi connectivity index (χ0v) is 20.2. The van der Waals surface area contributed by atoms with Crippen molar-refractivity contribution in [2.75, 3.05) is 6.61 Å². The van der Waals surface area contributed by atoms with Gasteiger partial charge in [0.15, 0.2) is 0 Å². The molecule has 1 unspecified atom stereocenters. The summed E-state index contributed by atoms with van der Waals surface area (Å²) in [5.74, 6) is -0.463. The first-order valence-corrected chi connectivity index (χ1v) is 12.1. The molecule has 6 nitrogen and oxygen atoms in total. The summed E-state index contributed by atoms with van der Waals surface area (Å²) in [5.41, 5.74) is 5.19. The van der Waals surface area contributed by atoms with Gasteiger partial charge < -0.3 is 4.74 Å². The molecule has 8 heteroatoms. The van der Waals surface area contributed by atoms with Gasteiger partial charge >= 0.3 is 0 Å². The highest BCUT2D eigenvalue weighted by molar-refractivity contribution is 6.30. The standard InChI is InChI=1S/C27H24ClFN4O2/c1-15-16(2)31-26-23(22-6-3-20(28)11-24(22)29)9-18(13-32(26)27(15)34)17-7-8-35-25(10-17)19-12-30-33(14-19)21-4-5-21/h3,6,9-14,21,25H,4-5,7-8H2,1-2H3. The summed E-state index contributed by atoms with van der Waals surface area (Å²) >= 11 is 6.01. The van der Waals surface area contributed by atoms with E-state index in [0.717, 1.165) is 29.5 Å². The lowest BCUT2D eigenvalue weighted by Crippen LogP contribution is -2.20. The lowest BCUT2D eigenvalue weighted by molar-refractivity contribution is 0.0826. The number of benzene rings is 1. The number of fused-ring (bicyclic) bond motifs is 1. The van der Waals surface area contributed by atoms with Gasteiger partial charge in [-0.15, -0.1) is 0 Å². The number of hydrogen-bond donors (Lipinski definition) is 0. The Labute approximate surface area is 206 Å². The average molecular weight is 491 g/mol. The molecule has 4 heterocycles. The van der Waals surface area contributed by atoms with Crippen molar-refractivity contribution in [2.24, 2.45) is 0 Å². The monoisotopic (exact) mass is 490 g/mol. The Morgan fingerprint density at radius 1 is 1.14 bits per heavy atom. The van der Waals surface area contributed by atoms with Gasteiger partial charge in [0, 0.05) is 45.4 Å². The number of aryl methyl sites for hydroxylation is 1. The molecular formula is C27H24ClFN4O2. The van der Waals surface area contributed by atoms with Crippen LogP contribution in [0.4, 0.5) is 4.39 Å². The normalized spacial score (nSPS) is 18.2. The van der Waals surface area contributed by atoms with E-state index in [1.807, 2.05) is 16.9 Å². The fraction of sp³-hybridized carbons (Fsp3) is 0.296. The Hall–Kier alpha value is -3.29. The third kappa shape index (κ3) is 3.98. The molecule has 3 aromatic heterocycles. The number of pyridine rings is 1. The predicted molar refractivity (Wildman–Crippen MR) is 133 cm³/mol. The number of aromatic nitrogens is 4. The molecule has 0 spiro atoms. The Kier molecular flexibility index (Phi) is 5.34. The lowest BCUT2D eigenvalue weighted by atomic mass is 9.95. The van der Waals surface area contributed by atoms with Gasteiger partial charge in [-0.1, -0.05) is 11.6 Å². The maximum absolute atomic E-state index is 15.0. The van der Waals surface area contributed by atoms with E-state index >= 15 is 4.39 Å². The number of ether oxygens (including phenoxy) is 1. The minimum absolute atomic E-state index is 0.167. The van der Waals surface area contributed by atoms with Gasteiger partial charge in [-0.05, 0) is 74.6 Å². The van der Waals surface area contributed by atoms with Crippen molar-refractivity contribution in [3.63, 3.8) is 0 Å².